The van der Waals surface area contributed by atoms with Crippen molar-refractivity contribution in [2.45, 2.75) is 104 Å². The Morgan fingerprint density at radius 2 is 1.22 bits per heavy atom. The SMILES string of the molecule is CC1CC(C)CC(CCCCCCCC2CCC(C=O)CC2)C1. The lowest BCUT2D eigenvalue weighted by molar-refractivity contribution is -0.112. The quantitative estimate of drug-likeness (QED) is 0.337. The maximum Gasteiger partial charge on any atom is 0.123 e. The van der Waals surface area contributed by atoms with Gasteiger partial charge >= 0.3 is 0 Å². The minimum atomic E-state index is 0.386. The summed E-state index contributed by atoms with van der Waals surface area (Å²) in [5.41, 5.74) is 0. The monoisotopic (exact) mass is 320 g/mol. The zero-order chi connectivity index (χ0) is 16.5. The fourth-order valence-electron chi connectivity index (χ4n) is 5.36. The molecule has 2 atom stereocenters. The van der Waals surface area contributed by atoms with Crippen molar-refractivity contribution in [1.82, 2.24) is 0 Å². The van der Waals surface area contributed by atoms with E-state index in [2.05, 4.69) is 13.8 Å². The maximum absolute atomic E-state index is 10.8. The van der Waals surface area contributed by atoms with Crippen molar-refractivity contribution in [3.05, 3.63) is 0 Å². The number of aldehydes is 1. The second-order valence-electron chi connectivity index (χ2n) is 9.05. The number of hydrogen-bond acceptors (Lipinski definition) is 1. The van der Waals surface area contributed by atoms with Crippen LogP contribution < -0.4 is 0 Å². The molecule has 0 amide bonds. The van der Waals surface area contributed by atoms with Crippen LogP contribution in [0.4, 0.5) is 0 Å². The molecule has 0 aromatic carbocycles. The summed E-state index contributed by atoms with van der Waals surface area (Å²) in [6.45, 7) is 4.90. The Morgan fingerprint density at radius 3 is 1.78 bits per heavy atom. The van der Waals surface area contributed by atoms with Crippen LogP contribution >= 0.6 is 0 Å². The van der Waals surface area contributed by atoms with E-state index in [1.165, 1.54) is 83.3 Å². The predicted molar refractivity (Wildman–Crippen MR) is 99.5 cm³/mol. The van der Waals surface area contributed by atoms with Gasteiger partial charge in [0.1, 0.15) is 6.29 Å². The van der Waals surface area contributed by atoms with Gasteiger partial charge in [0.2, 0.25) is 0 Å². The summed E-state index contributed by atoms with van der Waals surface area (Å²) in [6.07, 6.45) is 20.7. The van der Waals surface area contributed by atoms with Crippen LogP contribution in [0.3, 0.4) is 0 Å². The third-order valence-corrected chi connectivity index (χ3v) is 6.58. The van der Waals surface area contributed by atoms with Gasteiger partial charge < -0.3 is 4.79 Å². The molecule has 0 bridgehead atoms. The fraction of sp³-hybridized carbons (Fsp3) is 0.955. The van der Waals surface area contributed by atoms with Gasteiger partial charge in [-0.05, 0) is 68.6 Å². The van der Waals surface area contributed by atoms with Gasteiger partial charge in [-0.15, -0.1) is 0 Å². The van der Waals surface area contributed by atoms with Gasteiger partial charge in [0, 0.05) is 5.92 Å². The first-order chi connectivity index (χ1) is 11.2. The van der Waals surface area contributed by atoms with Crippen LogP contribution in [-0.4, -0.2) is 6.29 Å². The number of unbranched alkanes of at least 4 members (excludes halogenated alkanes) is 4. The summed E-state index contributed by atoms with van der Waals surface area (Å²) >= 11 is 0. The van der Waals surface area contributed by atoms with Gasteiger partial charge in [-0.25, -0.2) is 0 Å². The van der Waals surface area contributed by atoms with E-state index >= 15 is 0 Å². The third kappa shape index (κ3) is 7.40. The molecule has 2 saturated carbocycles. The van der Waals surface area contributed by atoms with Crippen LogP contribution in [0.5, 0.6) is 0 Å². The number of carbonyl (C=O) groups excluding carboxylic acids is 1. The zero-order valence-electron chi connectivity index (χ0n) is 15.8. The first kappa shape index (κ1) is 19.0. The highest BCUT2D eigenvalue weighted by molar-refractivity contribution is 5.53. The largest absolute Gasteiger partial charge is 0.303 e. The van der Waals surface area contributed by atoms with Crippen LogP contribution in [0.2, 0.25) is 0 Å². The fourth-order valence-corrected chi connectivity index (χ4v) is 5.36. The molecular formula is C22H40O. The summed E-state index contributed by atoms with van der Waals surface area (Å²) in [5.74, 6) is 4.28. The summed E-state index contributed by atoms with van der Waals surface area (Å²) in [4.78, 5) is 10.8. The third-order valence-electron chi connectivity index (χ3n) is 6.58. The van der Waals surface area contributed by atoms with E-state index in [1.807, 2.05) is 0 Å². The molecule has 0 aromatic rings. The first-order valence-corrected chi connectivity index (χ1v) is 10.6. The molecule has 0 aromatic heterocycles. The van der Waals surface area contributed by atoms with Crippen LogP contribution in [0, 0.1) is 29.6 Å². The van der Waals surface area contributed by atoms with Crippen LogP contribution in [0.25, 0.3) is 0 Å². The van der Waals surface area contributed by atoms with Gasteiger partial charge in [0.25, 0.3) is 0 Å². The summed E-state index contributed by atoms with van der Waals surface area (Å²) in [5, 5.41) is 0. The minimum Gasteiger partial charge on any atom is -0.303 e. The topological polar surface area (TPSA) is 17.1 Å². The molecule has 2 rings (SSSR count). The standard InChI is InChI=1S/C22H40O/c1-18-14-19(2)16-22(15-18)9-7-5-3-4-6-8-20-10-12-21(17-23)13-11-20/h17-22H,3-16H2,1-2H3. The van der Waals surface area contributed by atoms with E-state index in [9.17, 15) is 4.79 Å². The molecule has 23 heavy (non-hydrogen) atoms. The second-order valence-corrected chi connectivity index (χ2v) is 9.05. The Kier molecular flexibility index (Phi) is 8.69. The van der Waals surface area contributed by atoms with Crippen molar-refractivity contribution in [1.29, 1.82) is 0 Å². The summed E-state index contributed by atoms with van der Waals surface area (Å²) in [6, 6.07) is 0. The Bertz CT molecular complexity index is 306. The second kappa shape index (κ2) is 10.5. The van der Waals surface area contributed by atoms with Crippen molar-refractivity contribution in [2.24, 2.45) is 29.6 Å². The molecule has 134 valence electrons. The van der Waals surface area contributed by atoms with E-state index < -0.39 is 0 Å². The summed E-state index contributed by atoms with van der Waals surface area (Å²) < 4.78 is 0. The van der Waals surface area contributed by atoms with E-state index in [0.717, 1.165) is 36.5 Å². The van der Waals surface area contributed by atoms with Crippen molar-refractivity contribution in [3.8, 4) is 0 Å². The zero-order valence-corrected chi connectivity index (χ0v) is 15.8. The number of carbonyl (C=O) groups is 1. The highest BCUT2D eigenvalue weighted by atomic mass is 16.1. The molecule has 1 heteroatoms. The Balaban J connectivity index is 1.42. The number of rotatable bonds is 9. The van der Waals surface area contributed by atoms with Gasteiger partial charge in [-0.3, -0.25) is 0 Å². The van der Waals surface area contributed by atoms with E-state index in [4.69, 9.17) is 0 Å². The van der Waals surface area contributed by atoms with E-state index in [-0.39, 0.29) is 0 Å². The Morgan fingerprint density at radius 1 is 0.696 bits per heavy atom. The molecule has 1 nitrogen and oxygen atoms in total. The Labute approximate surface area is 145 Å². The van der Waals surface area contributed by atoms with Crippen molar-refractivity contribution >= 4 is 6.29 Å². The van der Waals surface area contributed by atoms with Crippen LogP contribution in [-0.2, 0) is 4.79 Å². The average Bonchev–Trinajstić information content (AvgIpc) is 2.53. The predicted octanol–water partition coefficient (Wildman–Crippen LogP) is 6.79. The molecule has 2 aliphatic carbocycles. The van der Waals surface area contributed by atoms with Crippen molar-refractivity contribution in [3.63, 3.8) is 0 Å². The van der Waals surface area contributed by atoms with Gasteiger partial charge in [-0.2, -0.15) is 0 Å². The first-order valence-electron chi connectivity index (χ1n) is 10.6. The van der Waals surface area contributed by atoms with Gasteiger partial charge in [0.15, 0.2) is 0 Å². The van der Waals surface area contributed by atoms with Crippen molar-refractivity contribution in [2.75, 3.05) is 0 Å². The number of hydrogen-bond donors (Lipinski definition) is 0. The highest BCUT2D eigenvalue weighted by Gasteiger charge is 2.23. The molecule has 0 N–H and O–H groups in total. The molecule has 0 spiro atoms. The Hall–Kier alpha value is -0.330. The van der Waals surface area contributed by atoms with Crippen LogP contribution in [0.1, 0.15) is 104 Å². The van der Waals surface area contributed by atoms with Gasteiger partial charge in [0.05, 0.1) is 0 Å². The molecular weight excluding hydrogens is 280 g/mol. The lowest BCUT2D eigenvalue weighted by Crippen LogP contribution is -2.19. The van der Waals surface area contributed by atoms with Crippen LogP contribution in [0.15, 0.2) is 0 Å². The van der Waals surface area contributed by atoms with Crippen molar-refractivity contribution < 1.29 is 4.79 Å². The molecule has 0 aliphatic heterocycles. The smallest absolute Gasteiger partial charge is 0.123 e. The average molecular weight is 321 g/mol. The lowest BCUT2D eigenvalue weighted by atomic mass is 9.75. The lowest BCUT2D eigenvalue weighted by Gasteiger charge is -2.31. The molecule has 0 radical (unpaired) electrons. The van der Waals surface area contributed by atoms with E-state index in [1.54, 1.807) is 0 Å². The molecule has 2 unspecified atom stereocenters. The molecule has 0 heterocycles. The molecule has 0 saturated heterocycles. The molecule has 2 aliphatic rings. The summed E-state index contributed by atoms with van der Waals surface area (Å²) in [7, 11) is 0. The van der Waals surface area contributed by atoms with Gasteiger partial charge in [-0.1, -0.05) is 58.8 Å². The minimum absolute atomic E-state index is 0.386. The normalized spacial score (nSPS) is 35.1. The molecule has 2 fully saturated rings. The van der Waals surface area contributed by atoms with E-state index in [0.29, 0.717) is 5.92 Å². The highest BCUT2D eigenvalue weighted by Crippen LogP contribution is 2.35. The maximum atomic E-state index is 10.8.